The van der Waals surface area contributed by atoms with Gasteiger partial charge in [-0.1, -0.05) is 6.58 Å². The predicted molar refractivity (Wildman–Crippen MR) is 66.7 cm³/mol. The van der Waals surface area contributed by atoms with Gasteiger partial charge in [0.05, 0.1) is 0 Å². The van der Waals surface area contributed by atoms with E-state index in [2.05, 4.69) is 6.58 Å². The number of phenolic OH excluding ortho intramolecular Hbond substituents is 1. The molecule has 16 heavy (non-hydrogen) atoms. The molecule has 0 saturated heterocycles. The van der Waals surface area contributed by atoms with Crippen LogP contribution >= 0.6 is 0 Å². The number of benzene rings is 1. The average molecular weight is 218 g/mol. The second kappa shape index (κ2) is 4.88. The van der Waals surface area contributed by atoms with Crippen molar-refractivity contribution in [2.75, 3.05) is 0 Å². The van der Waals surface area contributed by atoms with Gasteiger partial charge >= 0.3 is 0 Å². The molecule has 1 N–H and O–H groups in total. The minimum Gasteiger partial charge on any atom is -0.508 e. The molecule has 0 heterocycles. The second-order valence-corrected chi connectivity index (χ2v) is 4.16. The number of phenols is 1. The highest BCUT2D eigenvalue weighted by Gasteiger charge is 2.05. The molecule has 0 aliphatic rings. The molecule has 0 amide bonds. The van der Waals surface area contributed by atoms with Crippen molar-refractivity contribution in [2.24, 2.45) is 0 Å². The molecule has 0 atom stereocenters. The SMILES string of the molecule is C=C(C)C(Oc1ccc(O)c(C)c1)=C(C)C. The summed E-state index contributed by atoms with van der Waals surface area (Å²) < 4.78 is 5.74. The van der Waals surface area contributed by atoms with Gasteiger partial charge in [0.25, 0.3) is 0 Å². The number of hydrogen-bond donors (Lipinski definition) is 1. The van der Waals surface area contributed by atoms with Gasteiger partial charge in [-0.15, -0.1) is 0 Å². The van der Waals surface area contributed by atoms with E-state index in [0.717, 1.165) is 28.2 Å². The monoisotopic (exact) mass is 218 g/mol. The number of allylic oxidation sites excluding steroid dienone is 2. The van der Waals surface area contributed by atoms with E-state index in [1.807, 2.05) is 27.7 Å². The summed E-state index contributed by atoms with van der Waals surface area (Å²) in [6.45, 7) is 11.6. The Morgan fingerprint density at radius 2 is 1.88 bits per heavy atom. The molecule has 0 aromatic heterocycles. The summed E-state index contributed by atoms with van der Waals surface area (Å²) in [5, 5.41) is 9.41. The maximum Gasteiger partial charge on any atom is 0.128 e. The minimum absolute atomic E-state index is 0.279. The molecule has 1 aromatic carbocycles. The van der Waals surface area contributed by atoms with Crippen molar-refractivity contribution >= 4 is 0 Å². The third-order valence-electron chi connectivity index (χ3n) is 2.23. The summed E-state index contributed by atoms with van der Waals surface area (Å²) in [6.07, 6.45) is 0. The number of aromatic hydroxyl groups is 1. The fourth-order valence-corrected chi connectivity index (χ4v) is 1.43. The van der Waals surface area contributed by atoms with E-state index in [4.69, 9.17) is 4.74 Å². The van der Waals surface area contributed by atoms with Crippen LogP contribution in [-0.2, 0) is 0 Å². The van der Waals surface area contributed by atoms with E-state index in [-0.39, 0.29) is 5.75 Å². The first-order valence-electron chi connectivity index (χ1n) is 5.22. The fraction of sp³-hybridized carbons (Fsp3) is 0.286. The van der Waals surface area contributed by atoms with E-state index >= 15 is 0 Å². The van der Waals surface area contributed by atoms with Crippen molar-refractivity contribution in [1.82, 2.24) is 0 Å². The summed E-state index contributed by atoms with van der Waals surface area (Å²) in [5.41, 5.74) is 2.77. The van der Waals surface area contributed by atoms with Gasteiger partial charge in [-0.3, -0.25) is 0 Å². The highest BCUT2D eigenvalue weighted by atomic mass is 16.5. The van der Waals surface area contributed by atoms with Crippen LogP contribution in [0.4, 0.5) is 0 Å². The summed E-state index contributed by atoms with van der Waals surface area (Å²) in [4.78, 5) is 0. The van der Waals surface area contributed by atoms with Crippen LogP contribution in [0.5, 0.6) is 11.5 Å². The lowest BCUT2D eigenvalue weighted by atomic mass is 10.2. The number of aryl methyl sites for hydroxylation is 1. The van der Waals surface area contributed by atoms with Crippen LogP contribution in [-0.4, -0.2) is 5.11 Å². The second-order valence-electron chi connectivity index (χ2n) is 4.16. The zero-order valence-corrected chi connectivity index (χ0v) is 10.3. The van der Waals surface area contributed by atoms with Crippen molar-refractivity contribution in [2.45, 2.75) is 27.7 Å². The highest BCUT2D eigenvalue weighted by Crippen LogP contribution is 2.25. The Bertz CT molecular complexity index is 438. The van der Waals surface area contributed by atoms with Gasteiger partial charge in [0.2, 0.25) is 0 Å². The molecule has 2 nitrogen and oxygen atoms in total. The molecule has 0 saturated carbocycles. The van der Waals surface area contributed by atoms with Crippen molar-refractivity contribution in [3.8, 4) is 11.5 Å². The maximum absolute atomic E-state index is 9.41. The molecule has 0 radical (unpaired) electrons. The molecule has 0 fully saturated rings. The van der Waals surface area contributed by atoms with E-state index in [1.165, 1.54) is 0 Å². The topological polar surface area (TPSA) is 29.5 Å². The average Bonchev–Trinajstić information content (AvgIpc) is 2.18. The molecule has 1 aromatic rings. The van der Waals surface area contributed by atoms with Crippen LogP contribution in [0.1, 0.15) is 26.3 Å². The van der Waals surface area contributed by atoms with Crippen molar-refractivity contribution in [3.63, 3.8) is 0 Å². The van der Waals surface area contributed by atoms with E-state index in [9.17, 15) is 5.11 Å². The van der Waals surface area contributed by atoms with Crippen LogP contribution < -0.4 is 4.74 Å². The first-order valence-corrected chi connectivity index (χ1v) is 5.22. The molecule has 2 heteroatoms. The zero-order valence-electron chi connectivity index (χ0n) is 10.3. The molecule has 0 aliphatic heterocycles. The summed E-state index contributed by atoms with van der Waals surface area (Å²) in [5.74, 6) is 1.79. The molecule has 0 spiro atoms. The van der Waals surface area contributed by atoms with Crippen LogP contribution in [0.3, 0.4) is 0 Å². The Morgan fingerprint density at radius 1 is 1.25 bits per heavy atom. The predicted octanol–water partition coefficient (Wildman–Crippen LogP) is 3.95. The number of rotatable bonds is 3. The lowest BCUT2D eigenvalue weighted by molar-refractivity contribution is 0.425. The zero-order chi connectivity index (χ0) is 12.3. The molecular formula is C14H18O2. The maximum atomic E-state index is 9.41. The molecule has 0 aliphatic carbocycles. The quantitative estimate of drug-likeness (QED) is 0.615. The van der Waals surface area contributed by atoms with Gasteiger partial charge in [-0.05, 0) is 62.6 Å². The van der Waals surface area contributed by atoms with Crippen molar-refractivity contribution in [3.05, 3.63) is 47.2 Å². The van der Waals surface area contributed by atoms with E-state index in [0.29, 0.717) is 0 Å². The minimum atomic E-state index is 0.279. The van der Waals surface area contributed by atoms with Crippen LogP contribution in [0.15, 0.2) is 41.7 Å². The van der Waals surface area contributed by atoms with Gasteiger partial charge in [0, 0.05) is 0 Å². The Kier molecular flexibility index (Phi) is 3.78. The van der Waals surface area contributed by atoms with Gasteiger partial charge in [0.15, 0.2) is 0 Å². The first kappa shape index (κ1) is 12.4. The largest absolute Gasteiger partial charge is 0.508 e. The van der Waals surface area contributed by atoms with Crippen molar-refractivity contribution in [1.29, 1.82) is 0 Å². The normalized spacial score (nSPS) is 9.75. The summed E-state index contributed by atoms with van der Waals surface area (Å²) in [6, 6.07) is 5.18. The lowest BCUT2D eigenvalue weighted by Crippen LogP contribution is -1.98. The summed E-state index contributed by atoms with van der Waals surface area (Å²) in [7, 11) is 0. The molecule has 1 rings (SSSR count). The van der Waals surface area contributed by atoms with E-state index in [1.54, 1.807) is 18.2 Å². The Morgan fingerprint density at radius 3 is 2.31 bits per heavy atom. The third kappa shape index (κ3) is 2.89. The summed E-state index contributed by atoms with van der Waals surface area (Å²) >= 11 is 0. The molecule has 0 unspecified atom stereocenters. The van der Waals surface area contributed by atoms with Crippen LogP contribution in [0.25, 0.3) is 0 Å². The molecule has 86 valence electrons. The van der Waals surface area contributed by atoms with E-state index < -0.39 is 0 Å². The van der Waals surface area contributed by atoms with Gasteiger partial charge < -0.3 is 9.84 Å². The van der Waals surface area contributed by atoms with Gasteiger partial charge in [-0.2, -0.15) is 0 Å². The van der Waals surface area contributed by atoms with Crippen LogP contribution in [0.2, 0.25) is 0 Å². The Balaban J connectivity index is 3.00. The van der Waals surface area contributed by atoms with Crippen molar-refractivity contribution < 1.29 is 9.84 Å². The smallest absolute Gasteiger partial charge is 0.128 e. The standard InChI is InChI=1S/C14H18O2/c1-9(2)14(10(3)4)16-12-6-7-13(15)11(5)8-12/h6-8,15H,1H2,2-5H3. The molecular weight excluding hydrogens is 200 g/mol. The first-order chi connectivity index (χ1) is 7.41. The fourth-order valence-electron chi connectivity index (χ4n) is 1.43. The Labute approximate surface area is 96.9 Å². The number of ether oxygens (including phenoxy) is 1. The lowest BCUT2D eigenvalue weighted by Gasteiger charge is -2.12. The Hall–Kier alpha value is -1.70. The third-order valence-corrected chi connectivity index (χ3v) is 2.23. The number of hydrogen-bond acceptors (Lipinski definition) is 2. The van der Waals surface area contributed by atoms with Crippen LogP contribution in [0, 0.1) is 6.92 Å². The van der Waals surface area contributed by atoms with Gasteiger partial charge in [0.1, 0.15) is 17.3 Å². The van der Waals surface area contributed by atoms with Gasteiger partial charge in [-0.25, -0.2) is 0 Å². The highest BCUT2D eigenvalue weighted by molar-refractivity contribution is 5.40. The molecule has 0 bridgehead atoms.